The van der Waals surface area contributed by atoms with Crippen LogP contribution in [0.2, 0.25) is 0 Å². The molecule has 0 aliphatic carbocycles. The van der Waals surface area contributed by atoms with Crippen LogP contribution in [0.15, 0.2) is 41.2 Å². The minimum Gasteiger partial charge on any atom is -0.476 e. The molecule has 0 amide bonds. The highest BCUT2D eigenvalue weighted by atomic mass is 16.4. The van der Waals surface area contributed by atoms with Crippen LogP contribution in [0.3, 0.4) is 0 Å². The Labute approximate surface area is 95.9 Å². The molecule has 1 aromatic carbocycles. The van der Waals surface area contributed by atoms with E-state index in [1.807, 2.05) is 0 Å². The molecule has 2 rings (SSSR count). The molecule has 0 bridgehead atoms. The Hall–Kier alpha value is -2.63. The van der Waals surface area contributed by atoms with E-state index in [2.05, 4.69) is 5.10 Å². The first-order valence-electron chi connectivity index (χ1n) is 4.78. The lowest BCUT2D eigenvalue weighted by Gasteiger charge is -2.06. The number of aromatic carboxylic acids is 1. The summed E-state index contributed by atoms with van der Waals surface area (Å²) in [5.74, 6) is -1.27. The van der Waals surface area contributed by atoms with Crippen LogP contribution in [0.5, 0.6) is 0 Å². The van der Waals surface area contributed by atoms with Crippen LogP contribution in [0.1, 0.15) is 10.5 Å². The summed E-state index contributed by atoms with van der Waals surface area (Å²) in [4.78, 5) is 22.5. The van der Waals surface area contributed by atoms with Gasteiger partial charge in [0.25, 0.3) is 5.56 Å². The molecule has 1 aromatic heterocycles. The van der Waals surface area contributed by atoms with Crippen molar-refractivity contribution in [2.24, 2.45) is 0 Å². The van der Waals surface area contributed by atoms with Crippen LogP contribution in [-0.2, 0) is 0 Å². The smallest absolute Gasteiger partial charge is 0.358 e. The molecule has 0 spiro atoms. The molecule has 6 heteroatoms. The monoisotopic (exact) mass is 231 g/mol. The maximum absolute atomic E-state index is 11.6. The number of rotatable bonds is 2. The first kappa shape index (κ1) is 10.9. The van der Waals surface area contributed by atoms with Gasteiger partial charge >= 0.3 is 5.97 Å². The summed E-state index contributed by atoms with van der Waals surface area (Å²) < 4.78 is 1.000. The van der Waals surface area contributed by atoms with Crippen molar-refractivity contribution in [3.05, 3.63) is 52.4 Å². The van der Waals surface area contributed by atoms with Crippen LogP contribution < -0.4 is 11.3 Å². The van der Waals surface area contributed by atoms with Gasteiger partial charge in [0.2, 0.25) is 0 Å². The molecule has 0 aliphatic heterocycles. The fourth-order valence-corrected chi connectivity index (χ4v) is 1.39. The lowest BCUT2D eigenvalue weighted by molar-refractivity contribution is 0.0689. The van der Waals surface area contributed by atoms with Gasteiger partial charge in [-0.05, 0) is 12.1 Å². The molecule has 3 N–H and O–H groups in total. The summed E-state index contributed by atoms with van der Waals surface area (Å²) in [6, 6.07) is 9.57. The van der Waals surface area contributed by atoms with E-state index in [0.29, 0.717) is 5.69 Å². The van der Waals surface area contributed by atoms with Crippen molar-refractivity contribution < 1.29 is 9.90 Å². The minimum atomic E-state index is -1.27. The maximum atomic E-state index is 11.6. The molecule has 2 aromatic rings. The predicted octanol–water partition coefficient (Wildman–Crippen LogP) is 0.513. The maximum Gasteiger partial charge on any atom is 0.358 e. The Morgan fingerprint density at radius 2 is 1.94 bits per heavy atom. The Balaban J connectivity index is 2.67. The van der Waals surface area contributed by atoms with Gasteiger partial charge in [-0.25, -0.2) is 4.79 Å². The molecular formula is C11H9N3O3. The van der Waals surface area contributed by atoms with Crippen LogP contribution in [0.4, 0.5) is 5.69 Å². The van der Waals surface area contributed by atoms with Gasteiger partial charge in [0.15, 0.2) is 5.69 Å². The summed E-state index contributed by atoms with van der Waals surface area (Å²) in [7, 11) is 0. The van der Waals surface area contributed by atoms with Gasteiger partial charge in [-0.2, -0.15) is 9.78 Å². The number of anilines is 1. The van der Waals surface area contributed by atoms with Crippen molar-refractivity contribution in [1.29, 1.82) is 0 Å². The van der Waals surface area contributed by atoms with E-state index in [-0.39, 0.29) is 11.4 Å². The number of carbonyl (C=O) groups is 1. The molecule has 0 fully saturated rings. The topological polar surface area (TPSA) is 98.2 Å². The number of nitrogens with two attached hydrogens (primary N) is 1. The molecule has 0 saturated heterocycles. The number of carboxylic acid groups (broad SMARTS) is 1. The first-order chi connectivity index (χ1) is 8.09. The quantitative estimate of drug-likeness (QED) is 0.784. The van der Waals surface area contributed by atoms with Crippen molar-refractivity contribution in [3.63, 3.8) is 0 Å². The van der Waals surface area contributed by atoms with Crippen LogP contribution in [-0.4, -0.2) is 20.9 Å². The van der Waals surface area contributed by atoms with Gasteiger partial charge in [0.05, 0.1) is 11.4 Å². The van der Waals surface area contributed by atoms with Gasteiger partial charge in [0, 0.05) is 6.07 Å². The summed E-state index contributed by atoms with van der Waals surface area (Å²) >= 11 is 0. The summed E-state index contributed by atoms with van der Waals surface area (Å²) in [5.41, 5.74) is 4.94. The zero-order chi connectivity index (χ0) is 12.4. The highest BCUT2D eigenvalue weighted by molar-refractivity contribution is 5.90. The van der Waals surface area contributed by atoms with E-state index < -0.39 is 11.5 Å². The number of aromatic nitrogens is 2. The number of para-hydroxylation sites is 1. The Morgan fingerprint density at radius 3 is 2.53 bits per heavy atom. The molecule has 1 heterocycles. The van der Waals surface area contributed by atoms with E-state index in [0.717, 1.165) is 10.7 Å². The zero-order valence-corrected chi connectivity index (χ0v) is 8.70. The molecule has 0 saturated carbocycles. The second kappa shape index (κ2) is 4.09. The fraction of sp³-hybridized carbons (Fsp3) is 0. The molecule has 0 unspecified atom stereocenters. The standard InChI is InChI=1S/C11H9N3O3/c12-8-6-9(15)14(13-10(8)11(16)17)7-4-2-1-3-5-7/h1-6H,12H2,(H,16,17). The minimum absolute atomic E-state index is 0.144. The summed E-state index contributed by atoms with van der Waals surface area (Å²) in [5, 5.41) is 12.6. The van der Waals surface area contributed by atoms with Gasteiger partial charge in [-0.1, -0.05) is 18.2 Å². The molecule has 86 valence electrons. The normalized spacial score (nSPS) is 10.1. The van der Waals surface area contributed by atoms with Gasteiger partial charge < -0.3 is 10.8 Å². The molecule has 0 aliphatic rings. The second-order valence-corrected chi connectivity index (χ2v) is 3.34. The Morgan fingerprint density at radius 1 is 1.29 bits per heavy atom. The molecule has 6 nitrogen and oxygen atoms in total. The lowest BCUT2D eigenvalue weighted by Crippen LogP contribution is -2.24. The highest BCUT2D eigenvalue weighted by Gasteiger charge is 2.13. The van der Waals surface area contributed by atoms with E-state index in [1.165, 1.54) is 0 Å². The average molecular weight is 231 g/mol. The highest BCUT2D eigenvalue weighted by Crippen LogP contribution is 2.07. The predicted molar refractivity (Wildman–Crippen MR) is 61.2 cm³/mol. The number of hydrogen-bond donors (Lipinski definition) is 2. The Kier molecular flexibility index (Phi) is 2.61. The van der Waals surface area contributed by atoms with E-state index in [1.54, 1.807) is 30.3 Å². The second-order valence-electron chi connectivity index (χ2n) is 3.34. The number of nitrogen functional groups attached to an aromatic ring is 1. The van der Waals surface area contributed by atoms with Gasteiger partial charge in [-0.3, -0.25) is 4.79 Å². The number of carboxylic acids is 1. The SMILES string of the molecule is Nc1cc(=O)n(-c2ccccc2)nc1C(=O)O. The van der Waals surface area contributed by atoms with Crippen molar-refractivity contribution in [1.82, 2.24) is 9.78 Å². The van der Waals surface area contributed by atoms with Crippen LogP contribution in [0.25, 0.3) is 5.69 Å². The van der Waals surface area contributed by atoms with E-state index in [4.69, 9.17) is 10.8 Å². The summed E-state index contributed by atoms with van der Waals surface area (Å²) in [6.45, 7) is 0. The first-order valence-corrected chi connectivity index (χ1v) is 4.78. The molecule has 0 radical (unpaired) electrons. The molecule has 17 heavy (non-hydrogen) atoms. The third-order valence-corrected chi connectivity index (χ3v) is 2.16. The van der Waals surface area contributed by atoms with Crippen molar-refractivity contribution in [2.45, 2.75) is 0 Å². The van der Waals surface area contributed by atoms with E-state index in [9.17, 15) is 9.59 Å². The fourth-order valence-electron chi connectivity index (χ4n) is 1.39. The number of nitrogens with zero attached hydrogens (tertiary/aromatic N) is 2. The lowest BCUT2D eigenvalue weighted by atomic mass is 10.3. The third-order valence-electron chi connectivity index (χ3n) is 2.16. The van der Waals surface area contributed by atoms with Crippen LogP contribution >= 0.6 is 0 Å². The van der Waals surface area contributed by atoms with Crippen molar-refractivity contribution >= 4 is 11.7 Å². The number of hydrogen-bond acceptors (Lipinski definition) is 4. The third kappa shape index (κ3) is 2.00. The zero-order valence-electron chi connectivity index (χ0n) is 8.70. The van der Waals surface area contributed by atoms with Crippen molar-refractivity contribution in [3.8, 4) is 5.69 Å². The molecule has 0 atom stereocenters. The van der Waals surface area contributed by atoms with Crippen molar-refractivity contribution in [2.75, 3.05) is 5.73 Å². The molecular weight excluding hydrogens is 222 g/mol. The van der Waals surface area contributed by atoms with E-state index >= 15 is 0 Å². The number of benzene rings is 1. The van der Waals surface area contributed by atoms with Gasteiger partial charge in [-0.15, -0.1) is 0 Å². The largest absolute Gasteiger partial charge is 0.476 e. The Bertz CT molecular complexity index is 620. The summed E-state index contributed by atoms with van der Waals surface area (Å²) in [6.07, 6.45) is 0. The van der Waals surface area contributed by atoms with Crippen LogP contribution in [0, 0.1) is 0 Å². The average Bonchev–Trinajstić information content (AvgIpc) is 2.29. The van der Waals surface area contributed by atoms with Gasteiger partial charge in [0.1, 0.15) is 0 Å².